The van der Waals surface area contributed by atoms with E-state index in [1.54, 1.807) is 24.3 Å². The van der Waals surface area contributed by atoms with Crippen molar-refractivity contribution in [2.75, 3.05) is 11.9 Å². The molecule has 2 fully saturated rings. The maximum Gasteiger partial charge on any atom is 0.338 e. The van der Waals surface area contributed by atoms with Crippen LogP contribution in [0.3, 0.4) is 0 Å². The average molecular weight is 288 g/mol. The fraction of sp³-hybridized carbons (Fsp3) is 0.500. The SMILES string of the molecule is NC(=O)Nc1cccc(C(=O)OCC2CC3CCC2C3)c1. The van der Waals surface area contributed by atoms with E-state index in [2.05, 4.69) is 5.32 Å². The number of nitrogens with two attached hydrogens (primary N) is 1. The molecule has 3 N–H and O–H groups in total. The number of anilines is 1. The molecule has 3 atom stereocenters. The van der Waals surface area contributed by atoms with Gasteiger partial charge in [-0.2, -0.15) is 0 Å². The molecule has 0 saturated heterocycles. The number of carbonyl (C=O) groups excluding carboxylic acids is 2. The van der Waals surface area contributed by atoms with Gasteiger partial charge < -0.3 is 15.8 Å². The molecule has 5 heteroatoms. The number of hydrogen-bond donors (Lipinski definition) is 2. The quantitative estimate of drug-likeness (QED) is 0.836. The monoisotopic (exact) mass is 288 g/mol. The van der Waals surface area contributed by atoms with Crippen LogP contribution in [-0.4, -0.2) is 18.6 Å². The summed E-state index contributed by atoms with van der Waals surface area (Å²) < 4.78 is 5.44. The van der Waals surface area contributed by atoms with Gasteiger partial charge in [0.25, 0.3) is 0 Å². The number of nitrogens with one attached hydrogen (secondary N) is 1. The minimum atomic E-state index is -0.650. The number of primary amides is 1. The van der Waals surface area contributed by atoms with Crippen LogP contribution in [0.2, 0.25) is 0 Å². The lowest BCUT2D eigenvalue weighted by atomic mass is 9.89. The zero-order chi connectivity index (χ0) is 14.8. The number of rotatable bonds is 4. The van der Waals surface area contributed by atoms with Crippen LogP contribution in [-0.2, 0) is 4.74 Å². The van der Waals surface area contributed by atoms with Gasteiger partial charge in [0.1, 0.15) is 0 Å². The second kappa shape index (κ2) is 5.76. The summed E-state index contributed by atoms with van der Waals surface area (Å²) in [5.74, 6) is 1.78. The summed E-state index contributed by atoms with van der Waals surface area (Å²) >= 11 is 0. The number of fused-ring (bicyclic) bond motifs is 2. The van der Waals surface area contributed by atoms with E-state index in [-0.39, 0.29) is 5.97 Å². The van der Waals surface area contributed by atoms with Crippen LogP contribution in [0.5, 0.6) is 0 Å². The van der Waals surface area contributed by atoms with Crippen molar-refractivity contribution in [3.63, 3.8) is 0 Å². The van der Waals surface area contributed by atoms with E-state index in [9.17, 15) is 9.59 Å². The van der Waals surface area contributed by atoms with Gasteiger partial charge in [-0.05, 0) is 55.2 Å². The van der Waals surface area contributed by atoms with Crippen molar-refractivity contribution in [3.05, 3.63) is 29.8 Å². The molecular weight excluding hydrogens is 268 g/mol. The Morgan fingerprint density at radius 1 is 1.29 bits per heavy atom. The predicted octanol–water partition coefficient (Wildman–Crippen LogP) is 2.77. The third-order valence-electron chi connectivity index (χ3n) is 4.68. The maximum atomic E-state index is 12.1. The van der Waals surface area contributed by atoms with Gasteiger partial charge in [0.15, 0.2) is 0 Å². The smallest absolute Gasteiger partial charge is 0.338 e. The second-order valence-electron chi connectivity index (χ2n) is 6.10. The summed E-state index contributed by atoms with van der Waals surface area (Å²) in [4.78, 5) is 22.9. The zero-order valence-corrected chi connectivity index (χ0v) is 11.9. The van der Waals surface area contributed by atoms with Crippen LogP contribution in [0, 0.1) is 17.8 Å². The second-order valence-corrected chi connectivity index (χ2v) is 6.10. The molecule has 2 aliphatic carbocycles. The van der Waals surface area contributed by atoms with E-state index in [0.717, 1.165) is 11.8 Å². The highest BCUT2D eigenvalue weighted by Crippen LogP contribution is 2.48. The molecule has 0 heterocycles. The molecular formula is C16H20N2O3. The molecule has 21 heavy (non-hydrogen) atoms. The highest BCUT2D eigenvalue weighted by atomic mass is 16.5. The molecule has 1 aromatic rings. The normalized spacial score (nSPS) is 26.6. The Bertz CT molecular complexity index is 558. The lowest BCUT2D eigenvalue weighted by molar-refractivity contribution is 0.0394. The maximum absolute atomic E-state index is 12.1. The van der Waals surface area contributed by atoms with Gasteiger partial charge in [-0.15, -0.1) is 0 Å². The first-order valence-electron chi connectivity index (χ1n) is 7.45. The van der Waals surface area contributed by atoms with Crippen molar-refractivity contribution in [3.8, 4) is 0 Å². The first-order chi connectivity index (χ1) is 10.1. The molecule has 3 rings (SSSR count). The van der Waals surface area contributed by atoms with Gasteiger partial charge >= 0.3 is 12.0 Å². The number of urea groups is 1. The van der Waals surface area contributed by atoms with Crippen molar-refractivity contribution in [1.82, 2.24) is 0 Å². The molecule has 2 aliphatic rings. The number of carbonyl (C=O) groups is 2. The molecule has 3 unspecified atom stereocenters. The number of hydrogen-bond acceptors (Lipinski definition) is 3. The Labute approximate surface area is 123 Å². The minimum Gasteiger partial charge on any atom is -0.462 e. The Morgan fingerprint density at radius 3 is 2.81 bits per heavy atom. The van der Waals surface area contributed by atoms with E-state index in [1.807, 2.05) is 0 Å². The molecule has 0 aliphatic heterocycles. The molecule has 1 aromatic carbocycles. The average Bonchev–Trinajstić information content (AvgIpc) is 3.06. The van der Waals surface area contributed by atoms with Gasteiger partial charge in [0, 0.05) is 5.69 Å². The third-order valence-corrected chi connectivity index (χ3v) is 4.68. The number of benzene rings is 1. The Balaban J connectivity index is 1.56. The number of esters is 1. The van der Waals surface area contributed by atoms with E-state index in [0.29, 0.717) is 23.8 Å². The Hall–Kier alpha value is -2.04. The highest BCUT2D eigenvalue weighted by Gasteiger charge is 2.39. The van der Waals surface area contributed by atoms with Crippen molar-refractivity contribution in [2.24, 2.45) is 23.5 Å². The molecule has 2 bridgehead atoms. The van der Waals surface area contributed by atoms with Gasteiger partial charge in [-0.3, -0.25) is 0 Å². The minimum absolute atomic E-state index is 0.342. The summed E-state index contributed by atoms with van der Waals surface area (Å²) in [5.41, 5.74) is 5.99. The topological polar surface area (TPSA) is 81.4 Å². The van der Waals surface area contributed by atoms with Crippen LogP contribution in [0.15, 0.2) is 24.3 Å². The van der Waals surface area contributed by atoms with Crippen LogP contribution < -0.4 is 11.1 Å². The van der Waals surface area contributed by atoms with Crippen LogP contribution >= 0.6 is 0 Å². The van der Waals surface area contributed by atoms with E-state index in [4.69, 9.17) is 10.5 Å². The first-order valence-corrected chi connectivity index (χ1v) is 7.45. The molecule has 0 aromatic heterocycles. The number of amides is 2. The van der Waals surface area contributed by atoms with E-state index in [1.165, 1.54) is 25.7 Å². The van der Waals surface area contributed by atoms with Crippen molar-refractivity contribution in [1.29, 1.82) is 0 Å². The summed E-state index contributed by atoms with van der Waals surface area (Å²) in [7, 11) is 0. The molecule has 0 spiro atoms. The third kappa shape index (κ3) is 3.17. The molecule has 112 valence electrons. The standard InChI is InChI=1S/C16H20N2O3/c17-16(20)18-14-3-1-2-12(8-14)15(19)21-9-13-7-10-4-5-11(13)6-10/h1-3,8,10-11,13H,4-7,9H2,(H3,17,18,20). The van der Waals surface area contributed by atoms with Gasteiger partial charge in [0.05, 0.1) is 12.2 Å². The lowest BCUT2D eigenvalue weighted by Gasteiger charge is -2.21. The van der Waals surface area contributed by atoms with Crippen LogP contribution in [0.4, 0.5) is 10.5 Å². The predicted molar refractivity (Wildman–Crippen MR) is 78.9 cm³/mol. The van der Waals surface area contributed by atoms with Crippen molar-refractivity contribution >= 4 is 17.7 Å². The molecule has 0 radical (unpaired) electrons. The Kier molecular flexibility index (Phi) is 3.82. The largest absolute Gasteiger partial charge is 0.462 e. The van der Waals surface area contributed by atoms with Gasteiger partial charge in [0.2, 0.25) is 0 Å². The zero-order valence-electron chi connectivity index (χ0n) is 11.9. The Morgan fingerprint density at radius 2 is 2.14 bits per heavy atom. The molecule has 2 amide bonds. The summed E-state index contributed by atoms with van der Waals surface area (Å²) in [6.45, 7) is 0.507. The number of ether oxygens (including phenoxy) is 1. The first kappa shape index (κ1) is 13.9. The van der Waals surface area contributed by atoms with Crippen LogP contribution in [0.1, 0.15) is 36.0 Å². The lowest BCUT2D eigenvalue weighted by Crippen LogP contribution is -2.20. The summed E-state index contributed by atoms with van der Waals surface area (Å²) in [5, 5.41) is 2.45. The summed E-state index contributed by atoms with van der Waals surface area (Å²) in [6.07, 6.45) is 5.13. The van der Waals surface area contributed by atoms with Crippen LogP contribution in [0.25, 0.3) is 0 Å². The summed E-state index contributed by atoms with van der Waals surface area (Å²) in [6, 6.07) is 5.97. The molecule has 2 saturated carbocycles. The van der Waals surface area contributed by atoms with E-state index < -0.39 is 6.03 Å². The fourth-order valence-corrected chi connectivity index (χ4v) is 3.71. The van der Waals surface area contributed by atoms with Gasteiger partial charge in [-0.1, -0.05) is 12.5 Å². The van der Waals surface area contributed by atoms with Crippen molar-refractivity contribution in [2.45, 2.75) is 25.7 Å². The van der Waals surface area contributed by atoms with E-state index >= 15 is 0 Å². The molecule has 5 nitrogen and oxygen atoms in total. The van der Waals surface area contributed by atoms with Crippen molar-refractivity contribution < 1.29 is 14.3 Å². The highest BCUT2D eigenvalue weighted by molar-refractivity contribution is 5.93. The fourth-order valence-electron chi connectivity index (χ4n) is 3.71. The van der Waals surface area contributed by atoms with Gasteiger partial charge in [-0.25, -0.2) is 9.59 Å².